The van der Waals surface area contributed by atoms with Gasteiger partial charge in [0.15, 0.2) is 12.0 Å². The molecular formula is C33H36FN9O4. The molecule has 0 aliphatic carbocycles. The fraction of sp³-hybridized carbons (Fsp3) is 0.455. The Bertz CT molecular complexity index is 1660. The molecule has 14 heteroatoms. The smallest absolute Gasteiger partial charge is 0.230 e. The Morgan fingerprint density at radius 3 is 2.57 bits per heavy atom. The Morgan fingerprint density at radius 2 is 1.89 bits per heavy atom. The Labute approximate surface area is 271 Å². The SMILES string of the molecule is N#Cc1cc(-c2ncnc(Nc3ccc(N4CCN(C5COC5)CC4)cc3)n2)ccc1OC1CCN(C(=O)[C@H]2CNC(=O)C2)CC1F. The number of alkyl halides is 1. The maximum Gasteiger partial charge on any atom is 0.230 e. The van der Waals surface area contributed by atoms with Crippen molar-refractivity contribution in [3.05, 3.63) is 54.4 Å². The average Bonchev–Trinajstić information content (AvgIpc) is 3.51. The van der Waals surface area contributed by atoms with Gasteiger partial charge in [-0.25, -0.2) is 14.4 Å². The number of anilines is 3. The van der Waals surface area contributed by atoms with Crippen molar-refractivity contribution < 1.29 is 23.5 Å². The van der Waals surface area contributed by atoms with E-state index in [1.54, 1.807) is 18.2 Å². The van der Waals surface area contributed by atoms with Crippen molar-refractivity contribution >= 4 is 29.1 Å². The van der Waals surface area contributed by atoms with E-state index < -0.39 is 18.2 Å². The molecule has 0 radical (unpaired) electrons. The molecule has 2 N–H and O–H groups in total. The number of rotatable bonds is 8. The molecule has 5 heterocycles. The van der Waals surface area contributed by atoms with Gasteiger partial charge in [0.25, 0.3) is 0 Å². The molecule has 4 aliphatic heterocycles. The van der Waals surface area contributed by atoms with Gasteiger partial charge in [-0.2, -0.15) is 10.2 Å². The number of piperidine rings is 1. The molecule has 13 nitrogen and oxygen atoms in total. The standard InChI is InChI=1S/C33H36FN9O4/c34-27-17-43(32(45)23-14-30(44)36-16-23)8-7-29(27)47-28-6-1-21(13-22(28)15-35)31-37-20-38-33(40-31)39-24-2-4-25(5-3-24)41-9-11-42(12-10-41)26-18-46-19-26/h1-6,13,20,23,26-27,29H,7-12,14,16-19H2,(H,36,44)(H,37,38,39,40)/t23-,27?,29?/m1/s1. The predicted octanol–water partition coefficient (Wildman–Crippen LogP) is 2.13. The normalized spacial score (nSPS) is 23.5. The van der Waals surface area contributed by atoms with Crippen LogP contribution in [0.4, 0.5) is 21.7 Å². The molecule has 1 aromatic heterocycles. The minimum Gasteiger partial charge on any atom is -0.486 e. The first kappa shape index (κ1) is 30.8. The number of halogens is 1. The highest BCUT2D eigenvalue weighted by Gasteiger charge is 2.38. The highest BCUT2D eigenvalue weighted by molar-refractivity contribution is 5.89. The number of hydrogen-bond donors (Lipinski definition) is 2. The number of nitriles is 1. The number of benzene rings is 2. The molecule has 2 unspecified atom stereocenters. The highest BCUT2D eigenvalue weighted by atomic mass is 19.1. The third kappa shape index (κ3) is 6.81. The monoisotopic (exact) mass is 641 g/mol. The number of piperazine rings is 1. The zero-order chi connectivity index (χ0) is 32.3. The number of nitrogens with one attached hydrogen (secondary N) is 2. The number of hydrogen-bond acceptors (Lipinski definition) is 11. The van der Waals surface area contributed by atoms with Crippen LogP contribution in [-0.2, 0) is 14.3 Å². The minimum absolute atomic E-state index is 0.120. The molecule has 2 amide bonds. The lowest BCUT2D eigenvalue weighted by molar-refractivity contribution is -0.139. The second kappa shape index (κ2) is 13.5. The van der Waals surface area contributed by atoms with Crippen molar-refractivity contribution in [1.29, 1.82) is 5.26 Å². The number of likely N-dealkylation sites (tertiary alicyclic amines) is 1. The molecule has 244 valence electrons. The topological polar surface area (TPSA) is 149 Å². The molecule has 2 aromatic carbocycles. The number of aromatic nitrogens is 3. The second-order valence-corrected chi connectivity index (χ2v) is 12.3. The van der Waals surface area contributed by atoms with Gasteiger partial charge in [0.2, 0.25) is 17.8 Å². The molecule has 0 saturated carbocycles. The molecule has 7 rings (SSSR count). The van der Waals surface area contributed by atoms with E-state index in [0.717, 1.165) is 45.1 Å². The first-order chi connectivity index (χ1) is 22.9. The summed E-state index contributed by atoms with van der Waals surface area (Å²) in [5.41, 5.74) is 2.80. The van der Waals surface area contributed by atoms with Crippen LogP contribution in [0.15, 0.2) is 48.8 Å². The van der Waals surface area contributed by atoms with Crippen LogP contribution in [0.5, 0.6) is 5.75 Å². The lowest BCUT2D eigenvalue weighted by Crippen LogP contribution is -2.56. The summed E-state index contributed by atoms with van der Waals surface area (Å²) < 4.78 is 26.4. The summed E-state index contributed by atoms with van der Waals surface area (Å²) in [5, 5.41) is 15.7. The molecule has 0 bridgehead atoms. The van der Waals surface area contributed by atoms with Gasteiger partial charge in [-0.3, -0.25) is 14.5 Å². The summed E-state index contributed by atoms with van der Waals surface area (Å²) in [6.07, 6.45) is -0.447. The van der Waals surface area contributed by atoms with Gasteiger partial charge in [0.1, 0.15) is 24.3 Å². The van der Waals surface area contributed by atoms with Crippen molar-refractivity contribution in [2.75, 3.05) is 69.2 Å². The Kier molecular flexibility index (Phi) is 8.82. The second-order valence-electron chi connectivity index (χ2n) is 12.3. The number of carbonyl (C=O) groups is 2. The third-order valence-electron chi connectivity index (χ3n) is 9.27. The average molecular weight is 642 g/mol. The molecule has 4 aliphatic rings. The van der Waals surface area contributed by atoms with E-state index in [-0.39, 0.29) is 49.1 Å². The first-order valence-electron chi connectivity index (χ1n) is 16.0. The zero-order valence-corrected chi connectivity index (χ0v) is 25.8. The van der Waals surface area contributed by atoms with Crippen LogP contribution < -0.4 is 20.3 Å². The van der Waals surface area contributed by atoms with E-state index >= 15 is 4.39 Å². The van der Waals surface area contributed by atoms with Crippen molar-refractivity contribution in [3.8, 4) is 23.2 Å². The van der Waals surface area contributed by atoms with E-state index in [0.29, 0.717) is 29.9 Å². The van der Waals surface area contributed by atoms with Gasteiger partial charge >= 0.3 is 0 Å². The van der Waals surface area contributed by atoms with E-state index in [4.69, 9.17) is 9.47 Å². The maximum atomic E-state index is 15.2. The van der Waals surface area contributed by atoms with Gasteiger partial charge in [-0.1, -0.05) is 0 Å². The number of amides is 2. The molecule has 4 fully saturated rings. The number of nitrogens with zero attached hydrogens (tertiary/aromatic N) is 7. The number of ether oxygens (including phenoxy) is 2. The quantitative estimate of drug-likeness (QED) is 0.373. The van der Waals surface area contributed by atoms with Crippen molar-refractivity contribution in [1.82, 2.24) is 30.1 Å². The van der Waals surface area contributed by atoms with Crippen LogP contribution >= 0.6 is 0 Å². The minimum atomic E-state index is -1.44. The summed E-state index contributed by atoms with van der Waals surface area (Å²) in [7, 11) is 0. The van der Waals surface area contributed by atoms with Crippen LogP contribution in [0.3, 0.4) is 0 Å². The van der Waals surface area contributed by atoms with Gasteiger partial charge in [-0.15, -0.1) is 0 Å². The summed E-state index contributed by atoms with van der Waals surface area (Å²) in [6, 6.07) is 15.8. The Hall–Kier alpha value is -4.87. The summed E-state index contributed by atoms with van der Waals surface area (Å²) >= 11 is 0. The van der Waals surface area contributed by atoms with Gasteiger partial charge < -0.3 is 29.9 Å². The summed E-state index contributed by atoms with van der Waals surface area (Å²) in [4.78, 5) is 43.7. The van der Waals surface area contributed by atoms with Crippen LogP contribution in [0, 0.1) is 17.2 Å². The van der Waals surface area contributed by atoms with Crippen LogP contribution in [0.2, 0.25) is 0 Å². The van der Waals surface area contributed by atoms with Gasteiger partial charge in [0.05, 0.1) is 37.3 Å². The van der Waals surface area contributed by atoms with Crippen LogP contribution in [-0.4, -0.2) is 114 Å². The molecule has 4 saturated heterocycles. The lowest BCUT2D eigenvalue weighted by Gasteiger charge is -2.43. The van der Waals surface area contributed by atoms with Crippen LogP contribution in [0.25, 0.3) is 11.4 Å². The predicted molar refractivity (Wildman–Crippen MR) is 170 cm³/mol. The van der Waals surface area contributed by atoms with Gasteiger partial charge in [0, 0.05) is 69.0 Å². The molecule has 3 aromatic rings. The zero-order valence-electron chi connectivity index (χ0n) is 25.8. The Morgan fingerprint density at radius 1 is 1.09 bits per heavy atom. The molecule has 3 atom stereocenters. The van der Waals surface area contributed by atoms with E-state index in [2.05, 4.69) is 53.6 Å². The van der Waals surface area contributed by atoms with Gasteiger partial charge in [-0.05, 0) is 42.5 Å². The van der Waals surface area contributed by atoms with E-state index in [9.17, 15) is 14.9 Å². The summed E-state index contributed by atoms with van der Waals surface area (Å²) in [5.74, 6) is 0.130. The number of carbonyl (C=O) groups excluding carboxylic acids is 2. The van der Waals surface area contributed by atoms with E-state index in [1.165, 1.54) is 16.9 Å². The maximum absolute atomic E-state index is 15.2. The first-order valence-corrected chi connectivity index (χ1v) is 16.0. The third-order valence-corrected chi connectivity index (χ3v) is 9.27. The fourth-order valence-corrected chi connectivity index (χ4v) is 6.44. The van der Waals surface area contributed by atoms with Crippen molar-refractivity contribution in [2.45, 2.75) is 31.2 Å². The fourth-order valence-electron chi connectivity index (χ4n) is 6.44. The van der Waals surface area contributed by atoms with E-state index in [1.807, 2.05) is 12.1 Å². The summed E-state index contributed by atoms with van der Waals surface area (Å²) in [6.45, 7) is 6.18. The Balaban J connectivity index is 0.956. The lowest BCUT2D eigenvalue weighted by atomic mass is 10.0. The molecular weight excluding hydrogens is 605 g/mol. The van der Waals surface area contributed by atoms with Crippen molar-refractivity contribution in [3.63, 3.8) is 0 Å². The largest absolute Gasteiger partial charge is 0.486 e. The van der Waals surface area contributed by atoms with Crippen LogP contribution in [0.1, 0.15) is 18.4 Å². The molecule has 0 spiro atoms. The molecule has 47 heavy (non-hydrogen) atoms. The highest BCUT2D eigenvalue weighted by Crippen LogP contribution is 2.29. The van der Waals surface area contributed by atoms with Crippen molar-refractivity contribution in [2.24, 2.45) is 5.92 Å².